The molecule has 24 heavy (non-hydrogen) atoms. The van der Waals surface area contributed by atoms with Crippen LogP contribution in [-0.4, -0.2) is 32.6 Å². The molecule has 1 heterocycles. The smallest absolute Gasteiger partial charge is 0.335 e. The minimum Gasteiger partial charge on any atom is -0.478 e. The Balaban J connectivity index is 1.57. The Morgan fingerprint density at radius 1 is 1.29 bits per heavy atom. The van der Waals surface area contributed by atoms with Crippen molar-refractivity contribution in [2.24, 2.45) is 0 Å². The number of imidazole rings is 1. The number of hydrogen-bond donors (Lipinski definition) is 2. The Morgan fingerprint density at radius 2 is 2.12 bits per heavy atom. The molecule has 0 bridgehead atoms. The fraction of sp³-hybridized carbons (Fsp3) is 0.389. The zero-order valence-corrected chi connectivity index (χ0v) is 13.4. The molecule has 1 saturated carbocycles. The first kappa shape index (κ1) is 16.2. The summed E-state index contributed by atoms with van der Waals surface area (Å²) in [4.78, 5) is 27.6. The predicted molar refractivity (Wildman–Crippen MR) is 88.8 cm³/mol. The molecule has 2 N–H and O–H groups in total. The van der Waals surface area contributed by atoms with Crippen LogP contribution in [0.5, 0.6) is 0 Å². The van der Waals surface area contributed by atoms with Crippen molar-refractivity contribution in [2.75, 3.05) is 0 Å². The monoisotopic (exact) mass is 327 g/mol. The van der Waals surface area contributed by atoms with Gasteiger partial charge in [0.25, 0.3) is 0 Å². The quantitative estimate of drug-likeness (QED) is 0.853. The summed E-state index contributed by atoms with van der Waals surface area (Å²) in [5.41, 5.74) is 0.959. The number of carbonyl (C=O) groups excluding carboxylic acids is 1. The minimum atomic E-state index is -0.957. The Kier molecular flexibility index (Phi) is 4.93. The number of nitrogens with zero attached hydrogens (tertiary/aromatic N) is 2. The summed E-state index contributed by atoms with van der Waals surface area (Å²) in [6.07, 6.45) is 9.25. The number of amides is 1. The lowest BCUT2D eigenvalue weighted by Crippen LogP contribution is -2.38. The fourth-order valence-electron chi connectivity index (χ4n) is 3.41. The minimum absolute atomic E-state index is 0.0350. The molecular formula is C18H21N3O3. The van der Waals surface area contributed by atoms with E-state index in [1.54, 1.807) is 36.8 Å². The van der Waals surface area contributed by atoms with Gasteiger partial charge in [-0.15, -0.1) is 0 Å². The van der Waals surface area contributed by atoms with Crippen molar-refractivity contribution in [1.29, 1.82) is 0 Å². The number of aryl methyl sites for hydroxylation is 1. The van der Waals surface area contributed by atoms with E-state index in [0.29, 0.717) is 12.0 Å². The molecule has 1 aliphatic carbocycles. The van der Waals surface area contributed by atoms with Crippen molar-refractivity contribution >= 4 is 11.9 Å². The lowest BCUT2D eigenvalue weighted by molar-refractivity contribution is -0.122. The summed E-state index contributed by atoms with van der Waals surface area (Å²) in [6.45, 7) is 0. The largest absolute Gasteiger partial charge is 0.478 e. The van der Waals surface area contributed by atoms with Gasteiger partial charge in [0.2, 0.25) is 5.91 Å². The number of nitrogens with one attached hydrogen (secondary N) is 1. The summed E-state index contributed by atoms with van der Waals surface area (Å²) in [5.74, 6) is -0.991. The van der Waals surface area contributed by atoms with E-state index in [4.69, 9.17) is 0 Å². The van der Waals surface area contributed by atoms with E-state index in [9.17, 15) is 14.7 Å². The second kappa shape index (κ2) is 7.29. The molecule has 3 rings (SSSR count). The number of aromatic nitrogens is 2. The molecule has 126 valence electrons. The number of carbonyl (C=O) groups is 2. The van der Waals surface area contributed by atoms with Crippen LogP contribution in [0.15, 0.2) is 43.0 Å². The van der Waals surface area contributed by atoms with Crippen molar-refractivity contribution < 1.29 is 14.7 Å². The zero-order valence-electron chi connectivity index (χ0n) is 13.4. The average molecular weight is 327 g/mol. The highest BCUT2D eigenvalue weighted by atomic mass is 16.4. The molecule has 1 aromatic heterocycles. The molecule has 2 aromatic rings. The third-order valence-corrected chi connectivity index (χ3v) is 4.60. The third kappa shape index (κ3) is 3.64. The molecule has 0 unspecified atom stereocenters. The van der Waals surface area contributed by atoms with Gasteiger partial charge in [0.15, 0.2) is 0 Å². The van der Waals surface area contributed by atoms with Gasteiger partial charge in [0.05, 0.1) is 17.9 Å². The Bertz CT molecular complexity index is 712. The molecule has 2 atom stereocenters. The summed E-state index contributed by atoms with van der Waals surface area (Å²) < 4.78 is 2.05. The number of carboxylic acid groups (broad SMARTS) is 1. The molecule has 0 radical (unpaired) electrons. The number of benzene rings is 1. The highest BCUT2D eigenvalue weighted by molar-refractivity contribution is 5.89. The summed E-state index contributed by atoms with van der Waals surface area (Å²) >= 11 is 0. The van der Waals surface area contributed by atoms with Crippen LogP contribution in [0.25, 0.3) is 0 Å². The maximum atomic E-state index is 12.3. The van der Waals surface area contributed by atoms with Crippen LogP contribution in [-0.2, 0) is 11.2 Å². The molecular weight excluding hydrogens is 306 g/mol. The van der Waals surface area contributed by atoms with E-state index in [0.717, 1.165) is 19.3 Å². The molecule has 0 spiro atoms. The summed E-state index contributed by atoms with van der Waals surface area (Å²) in [7, 11) is 0. The number of aromatic carboxylic acids is 1. The standard InChI is InChI=1S/C18H21N3O3/c22-17(9-8-13-4-1-2-5-14(13)18(23)24)20-15-6-3-7-16(15)21-11-10-19-12-21/h1-2,4-5,10-12,15-16H,3,6-9H2,(H,20,22)(H,23,24)/t15-,16+/m1/s1. The SMILES string of the molecule is O=C(CCc1ccccc1C(=O)O)N[C@@H]1CCC[C@@H]1n1ccnc1. The van der Waals surface area contributed by atoms with Crippen molar-refractivity contribution in [3.63, 3.8) is 0 Å². The maximum absolute atomic E-state index is 12.3. The van der Waals surface area contributed by atoms with E-state index < -0.39 is 5.97 Å². The van der Waals surface area contributed by atoms with Crippen LogP contribution < -0.4 is 5.32 Å². The van der Waals surface area contributed by atoms with Gasteiger partial charge in [-0.2, -0.15) is 0 Å². The van der Waals surface area contributed by atoms with E-state index in [1.165, 1.54) is 0 Å². The highest BCUT2D eigenvalue weighted by Gasteiger charge is 2.29. The topological polar surface area (TPSA) is 84.2 Å². The van der Waals surface area contributed by atoms with Crippen molar-refractivity contribution in [1.82, 2.24) is 14.9 Å². The van der Waals surface area contributed by atoms with Crippen molar-refractivity contribution in [3.8, 4) is 0 Å². The van der Waals surface area contributed by atoms with Gasteiger partial charge in [0, 0.05) is 24.9 Å². The second-order valence-corrected chi connectivity index (χ2v) is 6.14. The van der Waals surface area contributed by atoms with E-state index in [2.05, 4.69) is 14.9 Å². The molecule has 1 fully saturated rings. The molecule has 1 aliphatic rings. The molecule has 6 heteroatoms. The molecule has 6 nitrogen and oxygen atoms in total. The predicted octanol–water partition coefficient (Wildman–Crippen LogP) is 2.42. The third-order valence-electron chi connectivity index (χ3n) is 4.60. The van der Waals surface area contributed by atoms with Crippen LogP contribution in [0, 0.1) is 0 Å². The Labute approximate surface area is 140 Å². The molecule has 1 aromatic carbocycles. The highest BCUT2D eigenvalue weighted by Crippen LogP contribution is 2.30. The van der Waals surface area contributed by atoms with Gasteiger partial charge >= 0.3 is 5.97 Å². The number of carboxylic acids is 1. The van der Waals surface area contributed by atoms with Crippen molar-refractivity contribution in [2.45, 2.75) is 44.2 Å². The fourth-order valence-corrected chi connectivity index (χ4v) is 3.41. The first-order chi connectivity index (χ1) is 11.6. The summed E-state index contributed by atoms with van der Waals surface area (Å²) in [6, 6.07) is 7.19. The number of hydrogen-bond acceptors (Lipinski definition) is 3. The first-order valence-corrected chi connectivity index (χ1v) is 8.23. The first-order valence-electron chi connectivity index (χ1n) is 8.23. The second-order valence-electron chi connectivity index (χ2n) is 6.14. The van der Waals surface area contributed by atoms with E-state index in [-0.39, 0.29) is 30.0 Å². The lowest BCUT2D eigenvalue weighted by Gasteiger charge is -2.22. The van der Waals surface area contributed by atoms with Crippen LogP contribution in [0.4, 0.5) is 0 Å². The normalized spacial score (nSPS) is 20.0. The average Bonchev–Trinajstić information content (AvgIpc) is 3.24. The van der Waals surface area contributed by atoms with Gasteiger partial charge in [-0.1, -0.05) is 18.2 Å². The van der Waals surface area contributed by atoms with Gasteiger partial charge in [-0.25, -0.2) is 9.78 Å². The summed E-state index contributed by atoms with van der Waals surface area (Å²) in [5, 5.41) is 12.3. The lowest BCUT2D eigenvalue weighted by atomic mass is 10.0. The molecule has 0 saturated heterocycles. The molecule has 1 amide bonds. The Hall–Kier alpha value is -2.63. The van der Waals surface area contributed by atoms with E-state index >= 15 is 0 Å². The van der Waals surface area contributed by atoms with Crippen LogP contribution in [0.2, 0.25) is 0 Å². The van der Waals surface area contributed by atoms with Gasteiger partial charge in [-0.05, 0) is 37.3 Å². The van der Waals surface area contributed by atoms with Gasteiger partial charge in [-0.3, -0.25) is 4.79 Å². The molecule has 0 aliphatic heterocycles. The van der Waals surface area contributed by atoms with Crippen LogP contribution >= 0.6 is 0 Å². The van der Waals surface area contributed by atoms with Crippen LogP contribution in [0.3, 0.4) is 0 Å². The van der Waals surface area contributed by atoms with Crippen molar-refractivity contribution in [3.05, 3.63) is 54.1 Å². The van der Waals surface area contributed by atoms with E-state index in [1.807, 2.05) is 6.20 Å². The Morgan fingerprint density at radius 3 is 2.88 bits per heavy atom. The maximum Gasteiger partial charge on any atom is 0.335 e. The number of rotatable bonds is 6. The van der Waals surface area contributed by atoms with Crippen LogP contribution in [0.1, 0.15) is 47.6 Å². The zero-order chi connectivity index (χ0) is 16.9. The van der Waals surface area contributed by atoms with Gasteiger partial charge in [0.1, 0.15) is 0 Å². The van der Waals surface area contributed by atoms with Gasteiger partial charge < -0.3 is 15.0 Å².